The molecule has 2 unspecified atom stereocenters. The van der Waals surface area contributed by atoms with Gasteiger partial charge in [0.1, 0.15) is 12.1 Å². The summed E-state index contributed by atoms with van der Waals surface area (Å²) in [5.74, 6) is -2.66. The van der Waals surface area contributed by atoms with Crippen molar-refractivity contribution >= 4 is 29.4 Å². The molecule has 29 heavy (non-hydrogen) atoms. The fraction of sp³-hybridized carbons (Fsp3) is 0.238. The van der Waals surface area contributed by atoms with Gasteiger partial charge in [-0.05, 0) is 37.6 Å². The lowest BCUT2D eigenvalue weighted by Crippen LogP contribution is -2.49. The fourth-order valence-electron chi connectivity index (χ4n) is 3.11. The third kappa shape index (κ3) is 4.11. The number of fused-ring (bicyclic) bond motifs is 1. The van der Waals surface area contributed by atoms with E-state index in [0.717, 1.165) is 11.3 Å². The Kier molecular flexibility index (Phi) is 5.63. The summed E-state index contributed by atoms with van der Waals surface area (Å²) in [5, 5.41) is 13.7. The lowest BCUT2D eigenvalue weighted by atomic mass is 10.0. The minimum absolute atomic E-state index is 0.178. The van der Waals surface area contributed by atoms with Crippen molar-refractivity contribution in [3.63, 3.8) is 0 Å². The molecular weight excluding hydrogens is 374 g/mol. The molecule has 0 radical (unpaired) electrons. The Balaban J connectivity index is 1.78. The van der Waals surface area contributed by atoms with Crippen molar-refractivity contribution in [1.82, 2.24) is 10.6 Å². The molecule has 1 heterocycles. The molecule has 1 aliphatic heterocycles. The number of carboxylic acids is 1. The second kappa shape index (κ2) is 8.14. The van der Waals surface area contributed by atoms with E-state index in [1.807, 2.05) is 30.3 Å². The van der Waals surface area contributed by atoms with E-state index in [4.69, 9.17) is 5.11 Å². The van der Waals surface area contributed by atoms with Crippen LogP contribution in [0.3, 0.4) is 0 Å². The van der Waals surface area contributed by atoms with E-state index < -0.39 is 29.9 Å². The van der Waals surface area contributed by atoms with Crippen LogP contribution >= 0.6 is 0 Å². The van der Waals surface area contributed by atoms with Crippen LogP contribution in [-0.2, 0) is 16.1 Å². The maximum atomic E-state index is 13.0. The van der Waals surface area contributed by atoms with Crippen LogP contribution < -0.4 is 15.5 Å². The summed E-state index contributed by atoms with van der Waals surface area (Å²) in [6.45, 7) is 3.13. The number of nitrogens with zero attached hydrogens (tertiary/aromatic N) is 1. The van der Waals surface area contributed by atoms with Gasteiger partial charge in [-0.1, -0.05) is 30.3 Å². The Morgan fingerprint density at radius 2 is 1.66 bits per heavy atom. The third-order valence-electron chi connectivity index (χ3n) is 4.72. The number of carbonyl (C=O) groups is 4. The Labute approximate surface area is 167 Å². The van der Waals surface area contributed by atoms with Gasteiger partial charge in [0.25, 0.3) is 11.8 Å². The van der Waals surface area contributed by atoms with E-state index in [1.165, 1.54) is 19.9 Å². The van der Waals surface area contributed by atoms with E-state index in [0.29, 0.717) is 12.1 Å². The number of aliphatic carboxylic acids is 1. The van der Waals surface area contributed by atoms with E-state index in [1.54, 1.807) is 17.0 Å². The summed E-state index contributed by atoms with van der Waals surface area (Å²) in [5.41, 5.74) is 1.94. The predicted octanol–water partition coefficient (Wildman–Crippen LogP) is 1.55. The number of carbonyl (C=O) groups excluding carboxylic acids is 3. The van der Waals surface area contributed by atoms with Gasteiger partial charge in [-0.25, -0.2) is 0 Å². The molecule has 0 aromatic heterocycles. The molecule has 8 nitrogen and oxygen atoms in total. The standard InChI is InChI=1S/C21H21N3O5/c1-12(18(25)23-13(2)21(28)29)22-19(26)16-10-6-7-14-11-24(20(27)17(14)16)15-8-4-3-5-9-15/h3-10,12-13H,11H2,1-2H3,(H,22,26)(H,23,25)(H,28,29). The maximum Gasteiger partial charge on any atom is 0.325 e. The van der Waals surface area contributed by atoms with Crippen LogP contribution in [0, 0.1) is 0 Å². The molecule has 3 rings (SSSR count). The average molecular weight is 395 g/mol. The monoisotopic (exact) mass is 395 g/mol. The molecule has 0 aliphatic carbocycles. The molecule has 0 bridgehead atoms. The van der Waals surface area contributed by atoms with Crippen molar-refractivity contribution in [2.45, 2.75) is 32.5 Å². The van der Waals surface area contributed by atoms with Gasteiger partial charge in [-0.3, -0.25) is 19.2 Å². The first kappa shape index (κ1) is 20.1. The van der Waals surface area contributed by atoms with Crippen molar-refractivity contribution in [3.05, 3.63) is 65.2 Å². The summed E-state index contributed by atoms with van der Waals surface area (Å²) in [7, 11) is 0. The Morgan fingerprint density at radius 3 is 2.31 bits per heavy atom. The molecular formula is C21H21N3O5. The number of carboxylic acid groups (broad SMARTS) is 1. The summed E-state index contributed by atoms with van der Waals surface area (Å²) >= 11 is 0. The second-order valence-corrected chi connectivity index (χ2v) is 6.83. The number of rotatable bonds is 6. The van der Waals surface area contributed by atoms with E-state index in [2.05, 4.69) is 10.6 Å². The van der Waals surface area contributed by atoms with Gasteiger partial charge in [-0.15, -0.1) is 0 Å². The van der Waals surface area contributed by atoms with Crippen LogP contribution in [0.1, 0.15) is 40.1 Å². The first-order valence-electron chi connectivity index (χ1n) is 9.12. The number of para-hydroxylation sites is 1. The third-order valence-corrected chi connectivity index (χ3v) is 4.72. The average Bonchev–Trinajstić information content (AvgIpc) is 3.05. The Bertz CT molecular complexity index is 974. The van der Waals surface area contributed by atoms with Crippen molar-refractivity contribution < 1.29 is 24.3 Å². The summed E-state index contributed by atoms with van der Waals surface area (Å²) in [4.78, 5) is 50.3. The maximum absolute atomic E-state index is 13.0. The SMILES string of the molecule is CC(NC(=O)C(C)NC(=O)c1cccc2c1C(=O)N(c1ccccc1)C2)C(=O)O. The number of hydrogen-bond acceptors (Lipinski definition) is 4. The van der Waals surface area contributed by atoms with Gasteiger partial charge >= 0.3 is 5.97 Å². The quantitative estimate of drug-likeness (QED) is 0.686. The highest BCUT2D eigenvalue weighted by atomic mass is 16.4. The predicted molar refractivity (Wildman–Crippen MR) is 106 cm³/mol. The lowest BCUT2D eigenvalue weighted by molar-refractivity contribution is -0.141. The summed E-state index contributed by atoms with van der Waals surface area (Å²) < 4.78 is 0. The number of nitrogens with one attached hydrogen (secondary N) is 2. The van der Waals surface area contributed by atoms with Crippen molar-refractivity contribution in [3.8, 4) is 0 Å². The fourth-order valence-corrected chi connectivity index (χ4v) is 3.11. The second-order valence-electron chi connectivity index (χ2n) is 6.83. The molecule has 2 atom stereocenters. The normalized spacial score (nSPS) is 14.7. The van der Waals surface area contributed by atoms with Gasteiger partial charge in [0.2, 0.25) is 5.91 Å². The minimum Gasteiger partial charge on any atom is -0.480 e. The molecule has 0 saturated carbocycles. The van der Waals surface area contributed by atoms with Crippen LogP contribution in [0.2, 0.25) is 0 Å². The zero-order chi connectivity index (χ0) is 21.1. The topological polar surface area (TPSA) is 116 Å². The zero-order valence-electron chi connectivity index (χ0n) is 16.0. The van der Waals surface area contributed by atoms with Crippen molar-refractivity contribution in [2.75, 3.05) is 4.90 Å². The smallest absolute Gasteiger partial charge is 0.325 e. The molecule has 2 aromatic carbocycles. The van der Waals surface area contributed by atoms with Gasteiger partial charge in [0.15, 0.2) is 0 Å². The molecule has 3 amide bonds. The first-order chi connectivity index (χ1) is 13.8. The van der Waals surface area contributed by atoms with Crippen LogP contribution in [0.5, 0.6) is 0 Å². The highest BCUT2D eigenvalue weighted by Crippen LogP contribution is 2.30. The lowest BCUT2D eigenvalue weighted by Gasteiger charge is -2.17. The van der Waals surface area contributed by atoms with Gasteiger partial charge in [0.05, 0.1) is 17.7 Å². The summed E-state index contributed by atoms with van der Waals surface area (Å²) in [6.07, 6.45) is 0. The van der Waals surface area contributed by atoms with Crippen LogP contribution in [0.25, 0.3) is 0 Å². The largest absolute Gasteiger partial charge is 0.480 e. The zero-order valence-corrected chi connectivity index (χ0v) is 16.0. The molecule has 0 saturated heterocycles. The van der Waals surface area contributed by atoms with Crippen molar-refractivity contribution in [1.29, 1.82) is 0 Å². The number of hydrogen-bond donors (Lipinski definition) is 3. The van der Waals surface area contributed by atoms with E-state index >= 15 is 0 Å². The van der Waals surface area contributed by atoms with Crippen LogP contribution in [0.15, 0.2) is 48.5 Å². The Morgan fingerprint density at radius 1 is 0.966 bits per heavy atom. The minimum atomic E-state index is -1.18. The number of amides is 3. The number of anilines is 1. The Hall–Kier alpha value is -3.68. The summed E-state index contributed by atoms with van der Waals surface area (Å²) in [6, 6.07) is 12.1. The van der Waals surface area contributed by atoms with E-state index in [9.17, 15) is 19.2 Å². The molecule has 2 aromatic rings. The van der Waals surface area contributed by atoms with E-state index in [-0.39, 0.29) is 11.5 Å². The van der Waals surface area contributed by atoms with Gasteiger partial charge in [-0.2, -0.15) is 0 Å². The van der Waals surface area contributed by atoms with Crippen LogP contribution in [-0.4, -0.2) is 40.9 Å². The first-order valence-corrected chi connectivity index (χ1v) is 9.12. The molecule has 0 spiro atoms. The highest BCUT2D eigenvalue weighted by molar-refractivity contribution is 6.16. The molecule has 1 aliphatic rings. The van der Waals surface area contributed by atoms with Gasteiger partial charge in [0, 0.05) is 5.69 Å². The molecule has 0 fully saturated rings. The van der Waals surface area contributed by atoms with Crippen molar-refractivity contribution in [2.24, 2.45) is 0 Å². The molecule has 8 heteroatoms. The van der Waals surface area contributed by atoms with Crippen LogP contribution in [0.4, 0.5) is 5.69 Å². The molecule has 150 valence electrons. The van der Waals surface area contributed by atoms with Gasteiger partial charge < -0.3 is 20.6 Å². The number of benzene rings is 2. The molecule has 3 N–H and O–H groups in total. The highest BCUT2D eigenvalue weighted by Gasteiger charge is 2.33.